The third kappa shape index (κ3) is 4.07. The summed E-state index contributed by atoms with van der Waals surface area (Å²) in [6, 6.07) is 23.4. The van der Waals surface area contributed by atoms with E-state index in [0.717, 1.165) is 5.39 Å². The third-order valence-electron chi connectivity index (χ3n) is 5.37. The lowest BCUT2D eigenvalue weighted by Crippen LogP contribution is -2.50. The van der Waals surface area contributed by atoms with Gasteiger partial charge in [-0.25, -0.2) is 9.78 Å². The molecule has 0 spiro atoms. The first kappa shape index (κ1) is 22.5. The van der Waals surface area contributed by atoms with Crippen LogP contribution in [0.4, 0.5) is 13.2 Å². The standard InChI is InChI=1S/C26H20F3NO3/c1-2-33-24(31)25(32,26(27,28)29)21-16-19(17-8-4-3-5-9-17)12-14-20(21)23-15-13-18-10-6-7-11-22(18)30-23/h3-16,32H,2H2,1H3. The van der Waals surface area contributed by atoms with Crippen molar-refractivity contribution in [3.8, 4) is 22.4 Å². The summed E-state index contributed by atoms with van der Waals surface area (Å²) in [5.41, 5.74) is -2.75. The Labute approximate surface area is 188 Å². The zero-order valence-corrected chi connectivity index (χ0v) is 17.6. The van der Waals surface area contributed by atoms with E-state index in [9.17, 15) is 23.1 Å². The zero-order valence-electron chi connectivity index (χ0n) is 17.6. The quantitative estimate of drug-likeness (QED) is 0.385. The highest BCUT2D eigenvalue weighted by atomic mass is 19.4. The van der Waals surface area contributed by atoms with Crippen LogP contribution < -0.4 is 0 Å². The summed E-state index contributed by atoms with van der Waals surface area (Å²) in [7, 11) is 0. The lowest BCUT2D eigenvalue weighted by Gasteiger charge is -2.30. The lowest BCUT2D eigenvalue weighted by molar-refractivity contribution is -0.267. The van der Waals surface area contributed by atoms with E-state index in [1.165, 1.54) is 19.1 Å². The molecular formula is C26H20F3NO3. The summed E-state index contributed by atoms with van der Waals surface area (Å²) >= 11 is 0. The Hall–Kier alpha value is -3.71. The van der Waals surface area contributed by atoms with E-state index in [-0.39, 0.29) is 17.9 Å². The van der Waals surface area contributed by atoms with Crippen LogP contribution in [0, 0.1) is 0 Å². The molecule has 0 bridgehead atoms. The summed E-state index contributed by atoms with van der Waals surface area (Å²) in [4.78, 5) is 17.0. The van der Waals surface area contributed by atoms with E-state index in [1.54, 1.807) is 60.7 Å². The number of carbonyl (C=O) groups excluding carboxylic acids is 1. The number of alkyl halides is 3. The summed E-state index contributed by atoms with van der Waals surface area (Å²) in [6.45, 7) is 1.06. The van der Waals surface area contributed by atoms with Crippen LogP contribution in [0.5, 0.6) is 0 Å². The summed E-state index contributed by atoms with van der Waals surface area (Å²) in [6.07, 6.45) is -5.33. The van der Waals surface area contributed by atoms with Gasteiger partial charge in [-0.05, 0) is 36.2 Å². The van der Waals surface area contributed by atoms with E-state index in [0.29, 0.717) is 16.6 Å². The number of para-hydroxylation sites is 1. The molecule has 4 nitrogen and oxygen atoms in total. The van der Waals surface area contributed by atoms with Gasteiger partial charge < -0.3 is 9.84 Å². The van der Waals surface area contributed by atoms with Crippen molar-refractivity contribution in [1.82, 2.24) is 4.98 Å². The molecular weight excluding hydrogens is 431 g/mol. The number of halogens is 3. The number of aromatic nitrogens is 1. The SMILES string of the molecule is CCOC(=O)C(O)(c1cc(-c2ccccc2)ccc1-c1ccc2ccccc2n1)C(F)(F)F. The molecule has 1 aromatic heterocycles. The number of esters is 1. The Balaban J connectivity index is 2.01. The topological polar surface area (TPSA) is 59.4 Å². The van der Waals surface area contributed by atoms with Crippen LogP contribution in [0.3, 0.4) is 0 Å². The number of nitrogens with zero attached hydrogens (tertiary/aromatic N) is 1. The number of pyridine rings is 1. The molecule has 1 atom stereocenters. The van der Waals surface area contributed by atoms with Crippen LogP contribution >= 0.6 is 0 Å². The van der Waals surface area contributed by atoms with Crippen molar-refractivity contribution in [3.05, 3.63) is 90.5 Å². The van der Waals surface area contributed by atoms with E-state index < -0.39 is 23.3 Å². The second-order valence-electron chi connectivity index (χ2n) is 7.44. The van der Waals surface area contributed by atoms with E-state index in [1.807, 2.05) is 12.1 Å². The fraction of sp³-hybridized carbons (Fsp3) is 0.154. The number of fused-ring (bicyclic) bond motifs is 1. The number of carbonyl (C=O) groups is 1. The Morgan fingerprint density at radius 2 is 1.61 bits per heavy atom. The van der Waals surface area contributed by atoms with Gasteiger partial charge in [0, 0.05) is 16.5 Å². The van der Waals surface area contributed by atoms with Crippen molar-refractivity contribution in [2.45, 2.75) is 18.7 Å². The minimum Gasteiger partial charge on any atom is -0.463 e. The Kier molecular flexibility index (Phi) is 5.91. The first-order valence-corrected chi connectivity index (χ1v) is 10.3. The van der Waals surface area contributed by atoms with Crippen LogP contribution in [-0.2, 0) is 15.1 Å². The minimum absolute atomic E-state index is 0.0201. The van der Waals surface area contributed by atoms with Gasteiger partial charge in [0.2, 0.25) is 0 Å². The predicted octanol–water partition coefficient (Wildman–Crippen LogP) is 5.88. The Morgan fingerprint density at radius 1 is 0.909 bits per heavy atom. The van der Waals surface area contributed by atoms with Gasteiger partial charge in [-0.3, -0.25) is 0 Å². The number of ether oxygens (including phenoxy) is 1. The van der Waals surface area contributed by atoms with Crippen molar-refractivity contribution in [2.24, 2.45) is 0 Å². The second-order valence-corrected chi connectivity index (χ2v) is 7.44. The average Bonchev–Trinajstić information content (AvgIpc) is 2.83. The highest BCUT2D eigenvalue weighted by molar-refractivity contribution is 5.88. The number of benzene rings is 3. The average molecular weight is 451 g/mol. The van der Waals surface area contributed by atoms with Gasteiger partial charge in [-0.15, -0.1) is 0 Å². The van der Waals surface area contributed by atoms with Crippen molar-refractivity contribution in [2.75, 3.05) is 6.61 Å². The molecule has 1 N–H and O–H groups in total. The highest BCUT2D eigenvalue weighted by Crippen LogP contribution is 2.45. The van der Waals surface area contributed by atoms with Gasteiger partial charge in [0.05, 0.1) is 17.8 Å². The largest absolute Gasteiger partial charge is 0.463 e. The molecule has 7 heteroatoms. The van der Waals surface area contributed by atoms with Gasteiger partial charge >= 0.3 is 12.1 Å². The monoisotopic (exact) mass is 451 g/mol. The number of aliphatic hydroxyl groups is 1. The van der Waals surface area contributed by atoms with E-state index >= 15 is 0 Å². The number of hydrogen-bond acceptors (Lipinski definition) is 4. The molecule has 0 saturated heterocycles. The fourth-order valence-corrected chi connectivity index (χ4v) is 3.71. The number of rotatable bonds is 5. The molecule has 4 aromatic rings. The molecule has 1 unspecified atom stereocenters. The summed E-state index contributed by atoms with van der Waals surface area (Å²) < 4.78 is 47.5. The van der Waals surface area contributed by atoms with Crippen LogP contribution in [0.25, 0.3) is 33.3 Å². The van der Waals surface area contributed by atoms with Gasteiger partial charge in [0.1, 0.15) is 0 Å². The van der Waals surface area contributed by atoms with Crippen molar-refractivity contribution in [3.63, 3.8) is 0 Å². The van der Waals surface area contributed by atoms with Gasteiger partial charge in [-0.1, -0.05) is 66.7 Å². The van der Waals surface area contributed by atoms with Crippen LogP contribution in [0.1, 0.15) is 12.5 Å². The smallest absolute Gasteiger partial charge is 0.432 e. The van der Waals surface area contributed by atoms with E-state index in [4.69, 9.17) is 0 Å². The fourth-order valence-electron chi connectivity index (χ4n) is 3.71. The summed E-state index contributed by atoms with van der Waals surface area (Å²) in [5, 5.41) is 11.7. The third-order valence-corrected chi connectivity index (χ3v) is 5.37. The maximum atomic E-state index is 14.3. The minimum atomic E-state index is -5.33. The maximum Gasteiger partial charge on any atom is 0.432 e. The molecule has 0 saturated carbocycles. The molecule has 4 rings (SSSR count). The van der Waals surface area contributed by atoms with Crippen LogP contribution in [0.15, 0.2) is 84.9 Å². The van der Waals surface area contributed by atoms with Crippen LogP contribution in [-0.4, -0.2) is 28.8 Å². The molecule has 0 aliphatic heterocycles. The first-order chi connectivity index (χ1) is 15.8. The molecule has 33 heavy (non-hydrogen) atoms. The predicted molar refractivity (Wildman–Crippen MR) is 119 cm³/mol. The molecule has 3 aromatic carbocycles. The Bertz CT molecular complexity index is 1310. The molecule has 1 heterocycles. The van der Waals surface area contributed by atoms with Crippen molar-refractivity contribution in [1.29, 1.82) is 0 Å². The molecule has 168 valence electrons. The number of hydrogen-bond donors (Lipinski definition) is 1. The van der Waals surface area contributed by atoms with Crippen molar-refractivity contribution >= 4 is 16.9 Å². The highest BCUT2D eigenvalue weighted by Gasteiger charge is 2.63. The van der Waals surface area contributed by atoms with Gasteiger partial charge in [-0.2, -0.15) is 13.2 Å². The Morgan fingerprint density at radius 3 is 2.30 bits per heavy atom. The molecule has 0 fully saturated rings. The van der Waals surface area contributed by atoms with Gasteiger partial charge in [0.15, 0.2) is 0 Å². The lowest BCUT2D eigenvalue weighted by atomic mass is 9.85. The molecule has 0 aliphatic carbocycles. The molecule has 0 amide bonds. The maximum absolute atomic E-state index is 14.3. The first-order valence-electron chi connectivity index (χ1n) is 10.3. The normalized spacial score (nSPS) is 13.5. The van der Waals surface area contributed by atoms with Gasteiger partial charge in [0.25, 0.3) is 5.60 Å². The summed E-state index contributed by atoms with van der Waals surface area (Å²) in [5.74, 6) is -1.79. The molecule has 0 radical (unpaired) electrons. The van der Waals surface area contributed by atoms with Crippen LogP contribution in [0.2, 0.25) is 0 Å². The second kappa shape index (κ2) is 8.67. The zero-order chi connectivity index (χ0) is 23.6. The molecule has 0 aliphatic rings. The van der Waals surface area contributed by atoms with Crippen molar-refractivity contribution < 1.29 is 27.8 Å². The van der Waals surface area contributed by atoms with E-state index in [2.05, 4.69) is 9.72 Å².